The number of hydrogen-bond donors (Lipinski definition) is 4. The zero-order valence-corrected chi connectivity index (χ0v) is 26.1. The monoisotopic (exact) mass is 585 g/mol. The normalized spacial score (nSPS) is 46.5. The Labute approximate surface area is 248 Å². The molecule has 0 aliphatic heterocycles. The first kappa shape index (κ1) is 29.8. The van der Waals surface area contributed by atoms with Crippen molar-refractivity contribution >= 4 is 17.2 Å². The Bertz CT molecular complexity index is 1180. The molecule has 1 amide bonds. The van der Waals surface area contributed by atoms with E-state index in [1.54, 1.807) is 6.07 Å². The average molecular weight is 586 g/mol. The van der Waals surface area contributed by atoms with Crippen LogP contribution in [0.3, 0.4) is 0 Å². The van der Waals surface area contributed by atoms with Crippen LogP contribution >= 0.6 is 0 Å². The summed E-state index contributed by atoms with van der Waals surface area (Å²) in [5, 5.41) is 22.5. The first-order valence-electron chi connectivity index (χ1n) is 16.4. The first-order valence-corrected chi connectivity index (χ1v) is 17.5. The summed E-state index contributed by atoms with van der Waals surface area (Å²) in [5.41, 5.74) is 2.00. The zero-order valence-electron chi connectivity index (χ0n) is 25.3. The van der Waals surface area contributed by atoms with Crippen molar-refractivity contribution in [3.8, 4) is 0 Å². The Morgan fingerprint density at radius 1 is 1.02 bits per heavy atom. The van der Waals surface area contributed by atoms with Crippen molar-refractivity contribution in [1.29, 1.82) is 0 Å². The lowest BCUT2D eigenvalue weighted by molar-refractivity contribution is -0.203. The van der Waals surface area contributed by atoms with Gasteiger partial charge in [0.05, 0.1) is 12.2 Å². The highest BCUT2D eigenvalue weighted by Crippen LogP contribution is 2.70. The molecule has 0 saturated heterocycles. The fourth-order valence-electron chi connectivity index (χ4n) is 11.6. The Morgan fingerprint density at radius 2 is 1.73 bits per heavy atom. The molecule has 41 heavy (non-hydrogen) atoms. The van der Waals surface area contributed by atoms with E-state index in [1.165, 1.54) is 25.7 Å². The van der Waals surface area contributed by atoms with Crippen LogP contribution in [0.5, 0.6) is 0 Å². The van der Waals surface area contributed by atoms with Gasteiger partial charge in [0.2, 0.25) is 0 Å². The van der Waals surface area contributed by atoms with Crippen molar-refractivity contribution in [3.63, 3.8) is 0 Å². The summed E-state index contributed by atoms with van der Waals surface area (Å²) in [7, 11) is 0. The summed E-state index contributed by atoms with van der Waals surface area (Å²) < 4.78 is 22.5. The minimum absolute atomic E-state index is 0.206. The van der Waals surface area contributed by atoms with Crippen LogP contribution in [0.4, 0.5) is 0 Å². The molecular formula is C34H51NO5S. The predicted molar refractivity (Wildman–Crippen MR) is 161 cm³/mol. The number of aliphatic hydroxyl groups is 2. The molecule has 0 bridgehead atoms. The van der Waals surface area contributed by atoms with E-state index in [2.05, 4.69) is 32.4 Å². The summed E-state index contributed by atoms with van der Waals surface area (Å²) in [6.07, 6.45) is 10.5. The minimum Gasteiger partial charge on any atom is -0.393 e. The van der Waals surface area contributed by atoms with Gasteiger partial charge in [0.15, 0.2) is 0 Å². The SMILES string of the molecule is CC[C@H]1C(O)C2C3CC[C@H]([C@H](C)CC4CC4c4ccccc4C(=O)NS(=O)O)[C@@]3(C)CCC2[C@@]2(C)CC[C@@H](O)C[C@@H]12. The van der Waals surface area contributed by atoms with Crippen LogP contribution in [0.15, 0.2) is 24.3 Å². The van der Waals surface area contributed by atoms with E-state index >= 15 is 0 Å². The number of benzene rings is 1. The van der Waals surface area contributed by atoms with Crippen LogP contribution < -0.4 is 4.72 Å². The number of carbonyl (C=O) groups is 1. The van der Waals surface area contributed by atoms with Crippen molar-refractivity contribution in [3.05, 3.63) is 35.4 Å². The summed E-state index contributed by atoms with van der Waals surface area (Å²) >= 11 is -2.37. The van der Waals surface area contributed by atoms with E-state index < -0.39 is 17.2 Å². The highest BCUT2D eigenvalue weighted by atomic mass is 32.2. The predicted octanol–water partition coefficient (Wildman–Crippen LogP) is 6.31. The summed E-state index contributed by atoms with van der Waals surface area (Å²) in [6, 6.07) is 7.54. The van der Waals surface area contributed by atoms with Gasteiger partial charge < -0.3 is 10.2 Å². The molecule has 6 rings (SSSR count). The van der Waals surface area contributed by atoms with Gasteiger partial charge in [-0.2, -0.15) is 0 Å². The van der Waals surface area contributed by atoms with E-state index in [1.807, 2.05) is 18.2 Å². The lowest BCUT2D eigenvalue weighted by Crippen LogP contribution is -2.62. The van der Waals surface area contributed by atoms with Gasteiger partial charge in [-0.25, -0.2) is 8.93 Å². The molecule has 4 N–H and O–H groups in total. The maximum atomic E-state index is 12.6. The molecule has 7 heteroatoms. The van der Waals surface area contributed by atoms with E-state index in [0.717, 1.165) is 44.1 Å². The Morgan fingerprint density at radius 3 is 2.46 bits per heavy atom. The van der Waals surface area contributed by atoms with Gasteiger partial charge in [-0.15, -0.1) is 0 Å². The fourth-order valence-corrected chi connectivity index (χ4v) is 11.9. The van der Waals surface area contributed by atoms with Crippen LogP contribution in [-0.2, 0) is 11.3 Å². The maximum Gasteiger partial charge on any atom is 0.264 e. The second-order valence-corrected chi connectivity index (χ2v) is 15.9. The summed E-state index contributed by atoms with van der Waals surface area (Å²) in [4.78, 5) is 12.6. The second kappa shape index (κ2) is 11.0. The molecule has 228 valence electrons. The first-order chi connectivity index (χ1) is 19.5. The zero-order chi connectivity index (χ0) is 29.3. The molecular weight excluding hydrogens is 534 g/mol. The van der Waals surface area contributed by atoms with Crippen molar-refractivity contribution in [2.45, 2.75) is 110 Å². The smallest absolute Gasteiger partial charge is 0.264 e. The standard InChI is InChI=1S/C34H51NO5S/c1-5-22-29-18-21(36)12-14-34(29,4)28-13-15-33(3)26(10-11-27(33)30(28)31(22)37)19(2)16-20-17-25(20)23-8-6-7-9-24(23)32(38)35-41(39)40/h6-9,19-22,25-31,36-37H,5,10-18H2,1-4H3,(H,35,38)(H,39,40)/t19-,20?,21-,22-,25?,26-,27?,28?,29+,30?,31?,33-,34-/m1/s1. The molecule has 14 atom stereocenters. The van der Waals surface area contributed by atoms with Crippen molar-refractivity contribution in [1.82, 2.24) is 4.72 Å². The second-order valence-electron chi connectivity index (χ2n) is 15.2. The van der Waals surface area contributed by atoms with Crippen LogP contribution in [0.1, 0.15) is 114 Å². The largest absolute Gasteiger partial charge is 0.393 e. The van der Waals surface area contributed by atoms with Crippen molar-refractivity contribution in [2.24, 2.45) is 58.2 Å². The number of amides is 1. The number of nitrogens with one attached hydrogen (secondary N) is 1. The summed E-state index contributed by atoms with van der Waals surface area (Å²) in [5.74, 6) is 3.85. The average Bonchev–Trinajstić information content (AvgIpc) is 3.59. The lowest BCUT2D eigenvalue weighted by Gasteiger charge is -2.64. The van der Waals surface area contributed by atoms with Gasteiger partial charge in [0.1, 0.15) is 0 Å². The van der Waals surface area contributed by atoms with Gasteiger partial charge >= 0.3 is 0 Å². The molecule has 0 spiro atoms. The van der Waals surface area contributed by atoms with Crippen LogP contribution in [0, 0.1) is 58.2 Å². The number of aliphatic hydroxyl groups excluding tert-OH is 2. The van der Waals surface area contributed by atoms with E-state index in [4.69, 9.17) is 4.55 Å². The molecule has 5 saturated carbocycles. The van der Waals surface area contributed by atoms with Gasteiger partial charge in [-0.1, -0.05) is 52.3 Å². The molecule has 0 heterocycles. The van der Waals surface area contributed by atoms with E-state index in [0.29, 0.717) is 58.8 Å². The van der Waals surface area contributed by atoms with Gasteiger partial charge in [-0.05, 0) is 134 Å². The molecule has 5 aliphatic carbocycles. The van der Waals surface area contributed by atoms with Crippen LogP contribution in [0.25, 0.3) is 0 Å². The van der Waals surface area contributed by atoms with Crippen molar-refractivity contribution in [2.75, 3.05) is 0 Å². The quantitative estimate of drug-likeness (QED) is 0.281. The third-order valence-corrected chi connectivity index (χ3v) is 13.9. The lowest BCUT2D eigenvalue weighted by atomic mass is 9.41. The molecule has 6 nitrogen and oxygen atoms in total. The maximum absolute atomic E-state index is 12.6. The highest BCUT2D eigenvalue weighted by molar-refractivity contribution is 7.77. The van der Waals surface area contributed by atoms with Crippen LogP contribution in [-0.4, -0.2) is 37.1 Å². The molecule has 1 aromatic rings. The van der Waals surface area contributed by atoms with E-state index in [9.17, 15) is 19.2 Å². The Kier molecular flexibility index (Phi) is 8.00. The molecule has 5 aliphatic rings. The number of hydrogen-bond acceptors (Lipinski definition) is 4. The molecule has 5 fully saturated rings. The number of fused-ring (bicyclic) bond motifs is 5. The molecule has 0 radical (unpaired) electrons. The van der Waals surface area contributed by atoms with Gasteiger partial charge in [0, 0.05) is 5.56 Å². The van der Waals surface area contributed by atoms with Gasteiger partial charge in [-0.3, -0.25) is 9.35 Å². The fraction of sp³-hybridized carbons (Fsp3) is 0.794. The molecule has 1 aromatic carbocycles. The van der Waals surface area contributed by atoms with Crippen LogP contribution in [0.2, 0.25) is 0 Å². The third kappa shape index (κ3) is 4.95. The Balaban J connectivity index is 1.17. The number of carbonyl (C=O) groups excluding carboxylic acids is 1. The summed E-state index contributed by atoms with van der Waals surface area (Å²) in [6.45, 7) is 9.75. The van der Waals surface area contributed by atoms with Gasteiger partial charge in [0.25, 0.3) is 17.2 Å². The third-order valence-electron chi connectivity index (χ3n) is 13.5. The Hall–Kier alpha value is -1.28. The number of rotatable bonds is 7. The minimum atomic E-state index is -2.37. The van der Waals surface area contributed by atoms with Crippen molar-refractivity contribution < 1.29 is 23.8 Å². The molecule has 0 aromatic heterocycles. The highest BCUT2D eigenvalue weighted by Gasteiger charge is 2.65. The van der Waals surface area contributed by atoms with E-state index in [-0.39, 0.29) is 23.0 Å². The topological polar surface area (TPSA) is 107 Å². The molecule has 7 unspecified atom stereocenters.